The van der Waals surface area contributed by atoms with Crippen LogP contribution in [0.15, 0.2) is 59.7 Å². The molecule has 0 unspecified atom stereocenters. The van der Waals surface area contributed by atoms with E-state index in [9.17, 15) is 4.79 Å². The number of hydrogen-bond donors (Lipinski definition) is 0. The van der Waals surface area contributed by atoms with Crippen LogP contribution in [0.25, 0.3) is 0 Å². The number of allylic oxidation sites excluding steroid dienone is 2. The molecule has 2 aromatic carbocycles. The van der Waals surface area contributed by atoms with E-state index in [1.54, 1.807) is 19.2 Å². The maximum Gasteiger partial charge on any atom is 0.251 e. The van der Waals surface area contributed by atoms with Gasteiger partial charge >= 0.3 is 0 Å². The highest BCUT2D eigenvalue weighted by Crippen LogP contribution is 2.38. The van der Waals surface area contributed by atoms with Crippen molar-refractivity contribution in [1.29, 1.82) is 0 Å². The van der Waals surface area contributed by atoms with Gasteiger partial charge in [0, 0.05) is 11.5 Å². The molecule has 0 radical (unpaired) electrons. The number of hydrazone groups is 1. The maximum absolute atomic E-state index is 13.4. The monoisotopic (exact) mass is 418 g/mol. The Hall–Kier alpha value is -3.08. The Kier molecular flexibility index (Phi) is 5.61. The van der Waals surface area contributed by atoms with Crippen LogP contribution in [0.3, 0.4) is 0 Å². The van der Waals surface area contributed by atoms with Crippen molar-refractivity contribution in [3.05, 3.63) is 65.7 Å². The third-order valence-corrected chi connectivity index (χ3v) is 6.17. The number of carbonyl (C=O) groups excluding carboxylic acids is 1. The highest BCUT2D eigenvalue weighted by molar-refractivity contribution is 6.11. The van der Waals surface area contributed by atoms with Crippen LogP contribution >= 0.6 is 0 Å². The van der Waals surface area contributed by atoms with E-state index in [0.29, 0.717) is 11.5 Å². The largest absolute Gasteiger partial charge is 0.493 e. The summed E-state index contributed by atoms with van der Waals surface area (Å²) in [5, 5.41) is 6.46. The summed E-state index contributed by atoms with van der Waals surface area (Å²) < 4.78 is 10.9. The number of amides is 1. The molecule has 5 nitrogen and oxygen atoms in total. The molecule has 1 aliphatic heterocycles. The second-order valence-corrected chi connectivity index (χ2v) is 9.16. The molecule has 1 heterocycles. The van der Waals surface area contributed by atoms with Crippen LogP contribution in [0.2, 0.25) is 0 Å². The van der Waals surface area contributed by atoms with Gasteiger partial charge in [0.15, 0.2) is 11.5 Å². The molecule has 2 aromatic rings. The third kappa shape index (κ3) is 3.97. The van der Waals surface area contributed by atoms with Gasteiger partial charge in [0.2, 0.25) is 0 Å². The van der Waals surface area contributed by atoms with E-state index < -0.39 is 0 Å². The second kappa shape index (κ2) is 8.22. The minimum absolute atomic E-state index is 0.0533. The fourth-order valence-corrected chi connectivity index (χ4v) is 4.33. The summed E-state index contributed by atoms with van der Waals surface area (Å²) in [6.07, 6.45) is 5.79. The molecule has 0 N–H and O–H groups in total. The molecule has 0 fully saturated rings. The lowest BCUT2D eigenvalue weighted by Crippen LogP contribution is -2.45. The first-order valence-electron chi connectivity index (χ1n) is 10.7. The SMILES string of the molecule is COc1ccc(C2=NN(c3ccc(C(C)(C)C)cc3)C(=O)[C@@H]3CC=CC[C@H]23)cc1OC. The van der Waals surface area contributed by atoms with Crippen LogP contribution in [0.1, 0.15) is 44.7 Å². The second-order valence-electron chi connectivity index (χ2n) is 9.16. The van der Waals surface area contributed by atoms with Crippen molar-refractivity contribution in [3.63, 3.8) is 0 Å². The normalized spacial score (nSPS) is 20.9. The molecule has 2 atom stereocenters. The number of ether oxygens (including phenoxy) is 2. The van der Waals surface area contributed by atoms with E-state index in [0.717, 1.165) is 29.8 Å². The van der Waals surface area contributed by atoms with Gasteiger partial charge in [-0.3, -0.25) is 4.79 Å². The number of nitrogens with zero attached hydrogens (tertiary/aromatic N) is 2. The molecule has 5 heteroatoms. The summed E-state index contributed by atoms with van der Waals surface area (Å²) >= 11 is 0. The lowest BCUT2D eigenvalue weighted by molar-refractivity contribution is -0.123. The Bertz CT molecular complexity index is 1030. The van der Waals surface area contributed by atoms with E-state index in [1.807, 2.05) is 30.3 Å². The molecule has 31 heavy (non-hydrogen) atoms. The summed E-state index contributed by atoms with van der Waals surface area (Å²) in [4.78, 5) is 13.4. The van der Waals surface area contributed by atoms with Gasteiger partial charge in [0.05, 0.1) is 31.5 Å². The molecule has 2 aliphatic rings. The van der Waals surface area contributed by atoms with Crippen molar-refractivity contribution >= 4 is 17.3 Å². The summed E-state index contributed by atoms with van der Waals surface area (Å²) in [5.41, 5.74) is 3.94. The highest BCUT2D eigenvalue weighted by atomic mass is 16.5. The first-order chi connectivity index (χ1) is 14.8. The lowest BCUT2D eigenvalue weighted by atomic mass is 9.76. The third-order valence-electron chi connectivity index (χ3n) is 6.17. The first kappa shape index (κ1) is 21.2. The number of methoxy groups -OCH3 is 2. The molecule has 0 aromatic heterocycles. The smallest absolute Gasteiger partial charge is 0.251 e. The van der Waals surface area contributed by atoms with Crippen molar-refractivity contribution in [3.8, 4) is 11.5 Å². The summed E-state index contributed by atoms with van der Waals surface area (Å²) in [6.45, 7) is 6.54. The van der Waals surface area contributed by atoms with Gasteiger partial charge in [-0.05, 0) is 54.2 Å². The van der Waals surface area contributed by atoms with Gasteiger partial charge in [-0.15, -0.1) is 0 Å². The highest BCUT2D eigenvalue weighted by Gasteiger charge is 2.40. The fraction of sp³-hybridized carbons (Fsp3) is 0.385. The molecular weight excluding hydrogens is 388 g/mol. The number of rotatable bonds is 4. The van der Waals surface area contributed by atoms with Gasteiger partial charge in [0.1, 0.15) is 0 Å². The zero-order chi connectivity index (χ0) is 22.2. The summed E-state index contributed by atoms with van der Waals surface area (Å²) in [6, 6.07) is 14.0. The van der Waals surface area contributed by atoms with Gasteiger partial charge in [-0.25, -0.2) is 5.01 Å². The molecule has 0 spiro atoms. The van der Waals surface area contributed by atoms with Crippen molar-refractivity contribution < 1.29 is 14.3 Å². The zero-order valence-corrected chi connectivity index (χ0v) is 18.9. The van der Waals surface area contributed by atoms with E-state index in [4.69, 9.17) is 14.6 Å². The average Bonchev–Trinajstić information content (AvgIpc) is 2.78. The average molecular weight is 419 g/mol. The van der Waals surface area contributed by atoms with Crippen LogP contribution < -0.4 is 14.5 Å². The predicted molar refractivity (Wildman–Crippen MR) is 124 cm³/mol. The van der Waals surface area contributed by atoms with Crippen molar-refractivity contribution in [1.82, 2.24) is 0 Å². The van der Waals surface area contributed by atoms with Crippen LogP contribution in [0.4, 0.5) is 5.69 Å². The lowest BCUT2D eigenvalue weighted by Gasteiger charge is -2.37. The van der Waals surface area contributed by atoms with E-state index in [1.165, 1.54) is 5.56 Å². The quantitative estimate of drug-likeness (QED) is 0.630. The summed E-state index contributed by atoms with van der Waals surface area (Å²) in [5.74, 6) is 1.33. The van der Waals surface area contributed by atoms with Crippen molar-refractivity contribution in [2.75, 3.05) is 19.2 Å². The predicted octanol–water partition coefficient (Wildman–Crippen LogP) is 5.33. The molecule has 1 aliphatic carbocycles. The standard InChI is InChI=1S/C26H30N2O3/c1-26(2,3)18-11-13-19(14-12-18)28-25(29)21-9-7-6-8-20(21)24(27-28)17-10-15-22(30-4)23(16-17)31-5/h6-7,10-16,20-21H,8-9H2,1-5H3/t20-,21+/m0/s1. The molecule has 1 amide bonds. The molecule has 0 bridgehead atoms. The Morgan fingerprint density at radius 3 is 2.16 bits per heavy atom. The number of benzene rings is 2. The minimum Gasteiger partial charge on any atom is -0.493 e. The Morgan fingerprint density at radius 1 is 0.903 bits per heavy atom. The topological polar surface area (TPSA) is 51.1 Å². The van der Waals surface area contributed by atoms with E-state index >= 15 is 0 Å². The first-order valence-corrected chi connectivity index (χ1v) is 10.7. The zero-order valence-electron chi connectivity index (χ0n) is 18.9. The Labute approximate surface area is 184 Å². The van der Waals surface area contributed by atoms with Crippen LogP contribution in [-0.2, 0) is 10.2 Å². The maximum atomic E-state index is 13.4. The van der Waals surface area contributed by atoms with E-state index in [2.05, 4.69) is 45.1 Å². The van der Waals surface area contributed by atoms with Gasteiger partial charge in [-0.2, -0.15) is 5.10 Å². The van der Waals surface area contributed by atoms with E-state index in [-0.39, 0.29) is 23.2 Å². The van der Waals surface area contributed by atoms with Crippen LogP contribution in [-0.4, -0.2) is 25.8 Å². The molecule has 162 valence electrons. The van der Waals surface area contributed by atoms with Crippen LogP contribution in [0.5, 0.6) is 11.5 Å². The summed E-state index contributed by atoms with van der Waals surface area (Å²) in [7, 11) is 3.25. The molecule has 0 saturated heterocycles. The Balaban J connectivity index is 1.79. The van der Waals surface area contributed by atoms with Gasteiger partial charge < -0.3 is 9.47 Å². The van der Waals surface area contributed by atoms with Gasteiger partial charge in [0.25, 0.3) is 5.91 Å². The molecular formula is C26H30N2O3. The molecule has 4 rings (SSSR count). The number of fused-ring (bicyclic) bond motifs is 1. The van der Waals surface area contributed by atoms with Gasteiger partial charge in [-0.1, -0.05) is 45.1 Å². The van der Waals surface area contributed by atoms with Crippen LogP contribution in [0, 0.1) is 11.8 Å². The number of anilines is 1. The van der Waals surface area contributed by atoms with Crippen molar-refractivity contribution in [2.45, 2.75) is 39.0 Å². The minimum atomic E-state index is -0.118. The Morgan fingerprint density at radius 2 is 1.55 bits per heavy atom. The van der Waals surface area contributed by atoms with Crippen molar-refractivity contribution in [2.24, 2.45) is 16.9 Å². The fourth-order valence-electron chi connectivity index (χ4n) is 4.33. The number of carbonyl (C=O) groups is 1. The molecule has 0 saturated carbocycles. The number of hydrogen-bond acceptors (Lipinski definition) is 4.